The number of aliphatic hydroxyl groups is 1. The summed E-state index contributed by atoms with van der Waals surface area (Å²) in [5.74, 6) is -1.09. The van der Waals surface area contributed by atoms with Crippen molar-refractivity contribution in [3.63, 3.8) is 0 Å². The molecule has 0 aliphatic heterocycles. The molecular weight excluding hydrogens is 115 g/mol. The molecule has 0 saturated heterocycles. The lowest BCUT2D eigenvalue weighted by molar-refractivity contribution is 0.250. The van der Waals surface area contributed by atoms with E-state index in [-0.39, 0.29) is 0 Å². The van der Waals surface area contributed by atoms with Crippen LogP contribution in [0.25, 0.3) is 0 Å². The molecule has 1 unspecified atom stereocenters. The molecular formula is C3H9O3P. The average Bonchev–Trinajstić information content (AvgIpc) is 1.31. The van der Waals surface area contributed by atoms with E-state index in [1.807, 2.05) is 0 Å². The van der Waals surface area contributed by atoms with Crippen LogP contribution in [0.4, 0.5) is 0 Å². The molecule has 0 aliphatic rings. The highest BCUT2D eigenvalue weighted by Crippen LogP contribution is 2.39. The normalized spacial score (nSPS) is 23.4. The van der Waals surface area contributed by atoms with Crippen LogP contribution in [0.2, 0.25) is 0 Å². The first-order chi connectivity index (χ1) is 2.94. The molecule has 0 rings (SSSR count). The Hall–Kier alpha value is 0.150. The first kappa shape index (κ1) is 7.15. The van der Waals surface area contributed by atoms with Gasteiger partial charge in [0, 0.05) is 6.66 Å². The molecule has 7 heavy (non-hydrogen) atoms. The predicted octanol–water partition coefficient (Wildman–Crippen LogP) is 0.225. The van der Waals surface area contributed by atoms with Gasteiger partial charge in [-0.2, -0.15) is 0 Å². The van der Waals surface area contributed by atoms with E-state index in [1.165, 1.54) is 6.92 Å². The fraction of sp³-hybridized carbons (Fsp3) is 1.00. The third-order valence-corrected chi connectivity index (χ3v) is 2.08. The van der Waals surface area contributed by atoms with E-state index < -0.39 is 13.2 Å². The van der Waals surface area contributed by atoms with E-state index in [2.05, 4.69) is 0 Å². The largest absolute Gasteiger partial charge is 0.383 e. The van der Waals surface area contributed by atoms with Gasteiger partial charge in [0.2, 0.25) is 7.37 Å². The molecule has 3 nitrogen and oxygen atoms in total. The molecule has 0 fully saturated rings. The van der Waals surface area contributed by atoms with E-state index in [1.54, 1.807) is 0 Å². The molecule has 0 aromatic carbocycles. The lowest BCUT2D eigenvalue weighted by atomic mass is 10.9. The Morgan fingerprint density at radius 2 is 1.86 bits per heavy atom. The van der Waals surface area contributed by atoms with Crippen molar-refractivity contribution in [2.45, 2.75) is 12.8 Å². The molecule has 0 aromatic rings. The molecule has 0 bridgehead atoms. The third kappa shape index (κ3) is 2.80. The Morgan fingerprint density at radius 1 is 1.71 bits per heavy atom. The van der Waals surface area contributed by atoms with E-state index in [0.29, 0.717) is 0 Å². The van der Waals surface area contributed by atoms with Crippen LogP contribution in [0.5, 0.6) is 0 Å². The molecule has 2 N–H and O–H groups in total. The summed E-state index contributed by atoms with van der Waals surface area (Å²) >= 11 is 0. The van der Waals surface area contributed by atoms with Crippen LogP contribution < -0.4 is 0 Å². The second-order valence-electron chi connectivity index (χ2n) is 1.58. The first-order valence-corrected chi connectivity index (χ1v) is 4.10. The Labute approximate surface area is 42.4 Å². The maximum atomic E-state index is 10.2. The Kier molecular flexibility index (Phi) is 1.99. The van der Waals surface area contributed by atoms with Crippen LogP contribution in [0.1, 0.15) is 6.92 Å². The third-order valence-electron chi connectivity index (χ3n) is 0.693. The maximum absolute atomic E-state index is 10.2. The van der Waals surface area contributed by atoms with Crippen molar-refractivity contribution in [2.24, 2.45) is 0 Å². The van der Waals surface area contributed by atoms with Crippen molar-refractivity contribution in [1.82, 2.24) is 0 Å². The zero-order valence-corrected chi connectivity index (χ0v) is 5.22. The topological polar surface area (TPSA) is 57.5 Å². The average molecular weight is 124 g/mol. The van der Waals surface area contributed by atoms with Gasteiger partial charge in [-0.1, -0.05) is 0 Å². The minimum absolute atomic E-state index is 1.09. The van der Waals surface area contributed by atoms with E-state index in [0.717, 1.165) is 6.66 Å². The fourth-order valence-electron chi connectivity index (χ4n) is 0. The van der Waals surface area contributed by atoms with Crippen molar-refractivity contribution in [3.8, 4) is 0 Å². The monoisotopic (exact) mass is 124 g/mol. The number of hydrogen-bond acceptors (Lipinski definition) is 2. The molecule has 0 aliphatic carbocycles. The van der Waals surface area contributed by atoms with Crippen molar-refractivity contribution in [2.75, 3.05) is 6.66 Å². The van der Waals surface area contributed by atoms with Crippen molar-refractivity contribution < 1.29 is 14.6 Å². The summed E-state index contributed by atoms with van der Waals surface area (Å²) in [6.45, 7) is 2.42. The number of aliphatic hydroxyl groups excluding tert-OH is 1. The van der Waals surface area contributed by atoms with Gasteiger partial charge in [0.05, 0.1) is 0 Å². The second-order valence-corrected chi connectivity index (χ2v) is 4.21. The smallest absolute Gasteiger partial charge is 0.224 e. The first-order valence-electron chi connectivity index (χ1n) is 1.92. The predicted molar refractivity (Wildman–Crippen MR) is 27.4 cm³/mol. The highest BCUT2D eigenvalue weighted by Gasteiger charge is 2.15. The zero-order valence-electron chi connectivity index (χ0n) is 4.33. The maximum Gasteiger partial charge on any atom is 0.224 e. The zero-order chi connectivity index (χ0) is 6.08. The quantitative estimate of drug-likeness (QED) is 0.492. The van der Waals surface area contributed by atoms with Crippen LogP contribution in [0, 0.1) is 0 Å². The molecule has 0 heterocycles. The van der Waals surface area contributed by atoms with Crippen LogP contribution >= 0.6 is 7.37 Å². The molecule has 2 atom stereocenters. The minimum atomic E-state index is -3.18. The SMILES string of the molecule is C[C@@H](O)P(C)(=O)O. The van der Waals surface area contributed by atoms with E-state index in [9.17, 15) is 4.57 Å². The molecule has 0 spiro atoms. The summed E-state index contributed by atoms with van der Waals surface area (Å²) in [5, 5.41) is 8.38. The highest BCUT2D eigenvalue weighted by molar-refractivity contribution is 7.57. The van der Waals surface area contributed by atoms with Gasteiger partial charge in [0.15, 0.2) is 0 Å². The Bertz CT molecular complexity index is 92.4. The van der Waals surface area contributed by atoms with Gasteiger partial charge in [-0.3, -0.25) is 4.57 Å². The van der Waals surface area contributed by atoms with Crippen molar-refractivity contribution >= 4 is 7.37 Å². The molecule has 0 aromatic heterocycles. The summed E-state index contributed by atoms with van der Waals surface area (Å²) in [5.41, 5.74) is 0. The highest BCUT2D eigenvalue weighted by atomic mass is 31.2. The van der Waals surface area contributed by atoms with Gasteiger partial charge in [-0.15, -0.1) is 0 Å². The van der Waals surface area contributed by atoms with Crippen LogP contribution in [-0.4, -0.2) is 22.5 Å². The lowest BCUT2D eigenvalue weighted by Gasteiger charge is -2.05. The molecule has 0 saturated carbocycles. The standard InChI is InChI=1S/C3H9O3P/c1-3(4)7(2,5)6/h3-4H,1-2H3,(H,5,6)/t3-/m0/s1. The van der Waals surface area contributed by atoms with Crippen LogP contribution in [-0.2, 0) is 4.57 Å². The number of hydrogen-bond donors (Lipinski definition) is 2. The summed E-state index contributed by atoms with van der Waals surface area (Å²) in [4.78, 5) is 8.40. The number of rotatable bonds is 1. The van der Waals surface area contributed by atoms with Gasteiger partial charge in [-0.05, 0) is 6.92 Å². The summed E-state index contributed by atoms with van der Waals surface area (Å²) < 4.78 is 10.2. The molecule has 0 amide bonds. The molecule has 0 radical (unpaired) electrons. The minimum Gasteiger partial charge on any atom is -0.383 e. The molecule has 44 valence electrons. The van der Waals surface area contributed by atoms with Gasteiger partial charge in [0.1, 0.15) is 5.85 Å². The van der Waals surface area contributed by atoms with Gasteiger partial charge in [-0.25, -0.2) is 0 Å². The summed E-state index contributed by atoms with van der Waals surface area (Å²) in [6, 6.07) is 0. The van der Waals surface area contributed by atoms with Gasteiger partial charge >= 0.3 is 0 Å². The second kappa shape index (κ2) is 1.95. The van der Waals surface area contributed by atoms with E-state index >= 15 is 0 Å². The van der Waals surface area contributed by atoms with Gasteiger partial charge < -0.3 is 10.00 Å². The molecule has 4 heteroatoms. The van der Waals surface area contributed by atoms with Crippen LogP contribution in [0.3, 0.4) is 0 Å². The van der Waals surface area contributed by atoms with Crippen molar-refractivity contribution in [1.29, 1.82) is 0 Å². The van der Waals surface area contributed by atoms with Crippen LogP contribution in [0.15, 0.2) is 0 Å². The summed E-state index contributed by atoms with van der Waals surface area (Å²) in [6.07, 6.45) is 0. The van der Waals surface area contributed by atoms with Gasteiger partial charge in [0.25, 0.3) is 0 Å². The van der Waals surface area contributed by atoms with E-state index in [4.69, 9.17) is 10.00 Å². The lowest BCUT2D eigenvalue weighted by Crippen LogP contribution is -1.98. The van der Waals surface area contributed by atoms with Crippen molar-refractivity contribution in [3.05, 3.63) is 0 Å². The Balaban J connectivity index is 3.80. The Morgan fingerprint density at radius 3 is 1.86 bits per heavy atom. The summed E-state index contributed by atoms with van der Waals surface area (Å²) in [7, 11) is -3.18. The fourth-order valence-corrected chi connectivity index (χ4v) is 0.